The fourth-order valence-electron chi connectivity index (χ4n) is 1.14. The number of anilines is 1. The van der Waals surface area contributed by atoms with Gasteiger partial charge < -0.3 is 10.6 Å². The van der Waals surface area contributed by atoms with Gasteiger partial charge in [0.05, 0.1) is 5.69 Å². The Balaban J connectivity index is 2.63. The zero-order chi connectivity index (χ0) is 11.3. The molecule has 0 saturated carbocycles. The van der Waals surface area contributed by atoms with Crippen LogP contribution in [-0.4, -0.2) is 11.7 Å². The Morgan fingerprint density at radius 2 is 2.20 bits per heavy atom. The van der Waals surface area contributed by atoms with E-state index in [9.17, 15) is 0 Å². The van der Waals surface area contributed by atoms with Gasteiger partial charge in [0, 0.05) is 11.0 Å². The van der Waals surface area contributed by atoms with Crippen LogP contribution < -0.4 is 10.6 Å². The summed E-state index contributed by atoms with van der Waals surface area (Å²) in [7, 11) is 0. The Hall–Kier alpha value is -0.610. The average molecular weight is 287 g/mol. The van der Waals surface area contributed by atoms with Gasteiger partial charge in [-0.2, -0.15) is 0 Å². The minimum Gasteiger partial charge on any atom is -0.362 e. The Kier molecular flexibility index (Phi) is 5.05. The molecule has 2 nitrogen and oxygen atoms in total. The van der Waals surface area contributed by atoms with Gasteiger partial charge in [0.15, 0.2) is 5.11 Å². The van der Waals surface area contributed by atoms with Crippen LogP contribution in [0.3, 0.4) is 0 Å². The quantitative estimate of drug-likeness (QED) is 0.833. The van der Waals surface area contributed by atoms with Crippen molar-refractivity contribution in [2.24, 2.45) is 0 Å². The molecule has 0 aliphatic rings. The molecule has 4 heteroatoms. The Labute approximate surface area is 105 Å². The molecule has 0 atom stereocenters. The summed E-state index contributed by atoms with van der Waals surface area (Å²) in [4.78, 5) is 0. The molecule has 1 aromatic carbocycles. The molecule has 0 radical (unpaired) electrons. The topological polar surface area (TPSA) is 24.1 Å². The Bertz CT molecular complexity index is 352. The zero-order valence-electron chi connectivity index (χ0n) is 8.93. The molecular formula is C11H15BrN2S. The van der Waals surface area contributed by atoms with E-state index in [-0.39, 0.29) is 0 Å². The fourth-order valence-corrected chi connectivity index (χ4v) is 1.70. The largest absolute Gasteiger partial charge is 0.362 e. The van der Waals surface area contributed by atoms with E-state index in [1.807, 2.05) is 6.07 Å². The molecule has 0 bridgehead atoms. The van der Waals surface area contributed by atoms with Crippen molar-refractivity contribution >= 4 is 38.9 Å². The maximum absolute atomic E-state index is 5.16. The van der Waals surface area contributed by atoms with Gasteiger partial charge in [0.1, 0.15) is 0 Å². The highest BCUT2D eigenvalue weighted by Crippen LogP contribution is 2.23. The second-order valence-electron chi connectivity index (χ2n) is 3.36. The molecule has 15 heavy (non-hydrogen) atoms. The van der Waals surface area contributed by atoms with Crippen molar-refractivity contribution in [3.05, 3.63) is 28.2 Å². The third kappa shape index (κ3) is 4.18. The van der Waals surface area contributed by atoms with Gasteiger partial charge in [-0.15, -0.1) is 0 Å². The second kappa shape index (κ2) is 6.08. The SMILES string of the molecule is CCCNC(=S)Nc1cc(C)ccc1Br. The Morgan fingerprint density at radius 3 is 2.87 bits per heavy atom. The van der Waals surface area contributed by atoms with Crippen LogP contribution in [-0.2, 0) is 0 Å². The van der Waals surface area contributed by atoms with E-state index in [0.29, 0.717) is 5.11 Å². The first-order valence-electron chi connectivity index (χ1n) is 4.94. The summed E-state index contributed by atoms with van der Waals surface area (Å²) in [5.74, 6) is 0. The van der Waals surface area contributed by atoms with Crippen molar-refractivity contribution in [3.8, 4) is 0 Å². The van der Waals surface area contributed by atoms with E-state index in [1.165, 1.54) is 5.56 Å². The lowest BCUT2D eigenvalue weighted by atomic mass is 10.2. The molecule has 82 valence electrons. The van der Waals surface area contributed by atoms with Crippen molar-refractivity contribution in [3.63, 3.8) is 0 Å². The van der Waals surface area contributed by atoms with E-state index in [0.717, 1.165) is 23.1 Å². The molecule has 0 aliphatic heterocycles. The van der Waals surface area contributed by atoms with Crippen LogP contribution in [0.15, 0.2) is 22.7 Å². The monoisotopic (exact) mass is 286 g/mol. The second-order valence-corrected chi connectivity index (χ2v) is 4.63. The third-order valence-electron chi connectivity index (χ3n) is 1.91. The number of halogens is 1. The van der Waals surface area contributed by atoms with Gasteiger partial charge in [-0.25, -0.2) is 0 Å². The number of benzene rings is 1. The average Bonchev–Trinajstić information content (AvgIpc) is 2.20. The molecule has 2 N–H and O–H groups in total. The number of nitrogens with one attached hydrogen (secondary N) is 2. The van der Waals surface area contributed by atoms with Gasteiger partial charge in [0.2, 0.25) is 0 Å². The van der Waals surface area contributed by atoms with E-state index in [2.05, 4.69) is 52.5 Å². The molecule has 1 aromatic rings. The molecule has 0 amide bonds. The summed E-state index contributed by atoms with van der Waals surface area (Å²) < 4.78 is 1.02. The molecule has 0 aliphatic carbocycles. The highest BCUT2D eigenvalue weighted by atomic mass is 79.9. The summed E-state index contributed by atoms with van der Waals surface area (Å²) >= 11 is 8.64. The lowest BCUT2D eigenvalue weighted by Gasteiger charge is -2.11. The molecule has 1 rings (SSSR count). The maximum atomic E-state index is 5.16. The first kappa shape index (κ1) is 12.5. The van der Waals surface area contributed by atoms with Crippen LogP contribution in [0.1, 0.15) is 18.9 Å². The van der Waals surface area contributed by atoms with Crippen LogP contribution >= 0.6 is 28.1 Å². The summed E-state index contributed by atoms with van der Waals surface area (Å²) in [6.07, 6.45) is 1.07. The highest BCUT2D eigenvalue weighted by Gasteiger charge is 2.01. The normalized spacial score (nSPS) is 9.80. The highest BCUT2D eigenvalue weighted by molar-refractivity contribution is 9.10. The maximum Gasteiger partial charge on any atom is 0.170 e. The van der Waals surface area contributed by atoms with Crippen LogP contribution in [0.2, 0.25) is 0 Å². The molecule has 0 saturated heterocycles. The smallest absolute Gasteiger partial charge is 0.170 e. The van der Waals surface area contributed by atoms with Crippen LogP contribution in [0.25, 0.3) is 0 Å². The summed E-state index contributed by atoms with van der Waals surface area (Å²) in [6, 6.07) is 6.13. The standard InChI is InChI=1S/C11H15BrN2S/c1-3-6-13-11(15)14-10-7-8(2)4-5-9(10)12/h4-5,7H,3,6H2,1-2H3,(H2,13,14,15). The van der Waals surface area contributed by atoms with Crippen molar-refractivity contribution in [1.82, 2.24) is 5.32 Å². The molecular weight excluding hydrogens is 272 g/mol. The van der Waals surface area contributed by atoms with E-state index in [4.69, 9.17) is 12.2 Å². The van der Waals surface area contributed by atoms with Crippen molar-refractivity contribution in [2.45, 2.75) is 20.3 Å². The van der Waals surface area contributed by atoms with E-state index in [1.54, 1.807) is 0 Å². The van der Waals surface area contributed by atoms with Gasteiger partial charge in [-0.3, -0.25) is 0 Å². The fraction of sp³-hybridized carbons (Fsp3) is 0.364. The molecule has 0 heterocycles. The molecule has 0 fully saturated rings. The Morgan fingerprint density at radius 1 is 1.47 bits per heavy atom. The molecule has 0 aromatic heterocycles. The minimum absolute atomic E-state index is 0.670. The zero-order valence-corrected chi connectivity index (χ0v) is 11.3. The molecule has 0 spiro atoms. The minimum atomic E-state index is 0.670. The van der Waals surface area contributed by atoms with Crippen molar-refractivity contribution in [2.75, 3.05) is 11.9 Å². The van der Waals surface area contributed by atoms with Gasteiger partial charge >= 0.3 is 0 Å². The first-order valence-corrected chi connectivity index (χ1v) is 6.14. The number of aryl methyl sites for hydroxylation is 1. The van der Waals surface area contributed by atoms with Gasteiger partial charge in [-0.05, 0) is 59.2 Å². The lowest BCUT2D eigenvalue weighted by molar-refractivity contribution is 0.846. The van der Waals surface area contributed by atoms with Gasteiger partial charge in [-0.1, -0.05) is 13.0 Å². The summed E-state index contributed by atoms with van der Waals surface area (Å²) in [5.41, 5.74) is 2.21. The number of hydrogen-bond donors (Lipinski definition) is 2. The van der Waals surface area contributed by atoms with Crippen molar-refractivity contribution < 1.29 is 0 Å². The molecule has 0 unspecified atom stereocenters. The summed E-state index contributed by atoms with van der Waals surface area (Å²) in [6.45, 7) is 5.06. The summed E-state index contributed by atoms with van der Waals surface area (Å²) in [5, 5.41) is 6.96. The van der Waals surface area contributed by atoms with E-state index < -0.39 is 0 Å². The third-order valence-corrected chi connectivity index (χ3v) is 2.84. The van der Waals surface area contributed by atoms with Crippen molar-refractivity contribution in [1.29, 1.82) is 0 Å². The number of thiocarbonyl (C=S) groups is 1. The van der Waals surface area contributed by atoms with Gasteiger partial charge in [0.25, 0.3) is 0 Å². The van der Waals surface area contributed by atoms with Crippen LogP contribution in [0.5, 0.6) is 0 Å². The number of hydrogen-bond acceptors (Lipinski definition) is 1. The first-order chi connectivity index (χ1) is 7.13. The van der Waals surface area contributed by atoms with Crippen LogP contribution in [0, 0.1) is 6.92 Å². The lowest BCUT2D eigenvalue weighted by Crippen LogP contribution is -2.29. The van der Waals surface area contributed by atoms with E-state index >= 15 is 0 Å². The van der Waals surface area contributed by atoms with Crippen LogP contribution in [0.4, 0.5) is 5.69 Å². The predicted molar refractivity (Wildman–Crippen MR) is 73.4 cm³/mol. The predicted octanol–water partition coefficient (Wildman–Crippen LogP) is 3.45. The number of rotatable bonds is 3.